The van der Waals surface area contributed by atoms with E-state index in [0.717, 1.165) is 22.4 Å². The fourth-order valence-electron chi connectivity index (χ4n) is 2.35. The largest absolute Gasteiger partial charge is 0.461 e. The van der Waals surface area contributed by atoms with Crippen LogP contribution in [0.5, 0.6) is 0 Å². The molecule has 0 aromatic heterocycles. The van der Waals surface area contributed by atoms with Crippen molar-refractivity contribution in [2.24, 2.45) is 11.7 Å². The summed E-state index contributed by atoms with van der Waals surface area (Å²) in [5.41, 5.74) is 9.43. The van der Waals surface area contributed by atoms with Crippen LogP contribution in [-0.4, -0.2) is 17.9 Å². The number of hydrogen-bond acceptors (Lipinski definition) is 4. The number of rotatable bonds is 6. The Morgan fingerprint density at radius 3 is 2.23 bits per heavy atom. The van der Waals surface area contributed by atoms with Crippen molar-refractivity contribution >= 4 is 17.6 Å². The molecule has 122 valence electrons. The summed E-state index contributed by atoms with van der Waals surface area (Å²) in [7, 11) is 0. The van der Waals surface area contributed by atoms with E-state index >= 15 is 0 Å². The molecule has 0 bridgehead atoms. The predicted molar refractivity (Wildman–Crippen MR) is 87.4 cm³/mol. The molecule has 0 heterocycles. The number of carbonyl (C=O) groups is 2. The Hall–Kier alpha value is -1.88. The zero-order chi connectivity index (χ0) is 16.9. The van der Waals surface area contributed by atoms with Crippen molar-refractivity contribution in [3.63, 3.8) is 0 Å². The summed E-state index contributed by atoms with van der Waals surface area (Å²) in [6.07, 6.45) is 0.647. The molecule has 3 N–H and O–H groups in total. The van der Waals surface area contributed by atoms with Crippen LogP contribution >= 0.6 is 0 Å². The molecule has 0 saturated heterocycles. The Bertz CT molecular complexity index is 530. The highest BCUT2D eigenvalue weighted by molar-refractivity contribution is 5.96. The molecule has 0 saturated carbocycles. The van der Waals surface area contributed by atoms with Gasteiger partial charge in [-0.1, -0.05) is 26.0 Å². The van der Waals surface area contributed by atoms with Crippen molar-refractivity contribution in [2.75, 3.05) is 5.32 Å². The molecule has 1 aromatic rings. The molecule has 1 atom stereocenters. The molecule has 22 heavy (non-hydrogen) atoms. The fourth-order valence-corrected chi connectivity index (χ4v) is 2.35. The first kappa shape index (κ1) is 18.2. The highest BCUT2D eigenvalue weighted by atomic mass is 16.5. The van der Waals surface area contributed by atoms with E-state index in [2.05, 4.69) is 5.32 Å². The summed E-state index contributed by atoms with van der Waals surface area (Å²) >= 11 is 0. The third-order valence-corrected chi connectivity index (χ3v) is 3.34. The molecule has 0 fully saturated rings. The van der Waals surface area contributed by atoms with E-state index in [9.17, 15) is 9.59 Å². The first-order valence-corrected chi connectivity index (χ1v) is 7.50. The number of benzene rings is 1. The average molecular weight is 306 g/mol. The zero-order valence-corrected chi connectivity index (χ0v) is 14.0. The second kappa shape index (κ2) is 7.94. The molecule has 0 radical (unpaired) electrons. The van der Waals surface area contributed by atoms with Gasteiger partial charge in [0.2, 0.25) is 5.91 Å². The Labute approximate surface area is 132 Å². The fraction of sp³-hybridized carbons (Fsp3) is 0.529. The minimum absolute atomic E-state index is 0.173. The topological polar surface area (TPSA) is 81.4 Å². The summed E-state index contributed by atoms with van der Waals surface area (Å²) < 4.78 is 4.99. The van der Waals surface area contributed by atoms with Crippen molar-refractivity contribution in [2.45, 2.75) is 53.7 Å². The first-order chi connectivity index (χ1) is 10.2. The molecule has 0 aliphatic rings. The van der Waals surface area contributed by atoms with Gasteiger partial charge in [-0.05, 0) is 42.9 Å². The summed E-state index contributed by atoms with van der Waals surface area (Å²) in [5, 5.41) is 2.90. The molecular formula is C17H26N2O3. The van der Waals surface area contributed by atoms with Gasteiger partial charge in [0, 0.05) is 12.6 Å². The van der Waals surface area contributed by atoms with Gasteiger partial charge >= 0.3 is 5.97 Å². The maximum absolute atomic E-state index is 12.1. The van der Waals surface area contributed by atoms with E-state index < -0.39 is 6.04 Å². The third-order valence-electron chi connectivity index (χ3n) is 3.34. The van der Waals surface area contributed by atoms with E-state index in [-0.39, 0.29) is 18.5 Å². The Morgan fingerprint density at radius 1 is 1.23 bits per heavy atom. The van der Waals surface area contributed by atoms with Crippen LogP contribution < -0.4 is 11.1 Å². The van der Waals surface area contributed by atoms with Crippen LogP contribution in [0.25, 0.3) is 0 Å². The number of anilines is 1. The first-order valence-electron chi connectivity index (χ1n) is 7.50. The van der Waals surface area contributed by atoms with Crippen molar-refractivity contribution in [3.05, 3.63) is 28.8 Å². The van der Waals surface area contributed by atoms with E-state index in [1.807, 2.05) is 39.8 Å². The number of carbonyl (C=O) groups excluding carboxylic acids is 2. The number of esters is 1. The molecule has 1 rings (SSSR count). The molecule has 1 aromatic carbocycles. The van der Waals surface area contributed by atoms with Gasteiger partial charge in [0.1, 0.15) is 6.61 Å². The number of amides is 1. The molecule has 0 aliphatic heterocycles. The van der Waals surface area contributed by atoms with Gasteiger partial charge in [-0.2, -0.15) is 0 Å². The lowest BCUT2D eigenvalue weighted by atomic mass is 10.0. The molecule has 0 spiro atoms. The van der Waals surface area contributed by atoms with Crippen LogP contribution in [0.4, 0.5) is 5.69 Å². The summed E-state index contributed by atoms with van der Waals surface area (Å²) in [6, 6.07) is 3.29. The number of aryl methyl sites for hydroxylation is 2. The second-order valence-corrected chi connectivity index (χ2v) is 6.11. The van der Waals surface area contributed by atoms with Gasteiger partial charge < -0.3 is 15.8 Å². The van der Waals surface area contributed by atoms with E-state index in [1.165, 1.54) is 6.92 Å². The smallest absolute Gasteiger partial charge is 0.302 e. The van der Waals surface area contributed by atoms with Gasteiger partial charge in [0.25, 0.3) is 0 Å². The van der Waals surface area contributed by atoms with E-state index in [0.29, 0.717) is 12.3 Å². The van der Waals surface area contributed by atoms with Gasteiger partial charge in [-0.25, -0.2) is 0 Å². The molecule has 1 amide bonds. The molecule has 1 unspecified atom stereocenters. The monoisotopic (exact) mass is 306 g/mol. The summed E-state index contributed by atoms with van der Waals surface area (Å²) in [5.74, 6) is -0.117. The zero-order valence-electron chi connectivity index (χ0n) is 14.0. The minimum atomic E-state index is -0.514. The van der Waals surface area contributed by atoms with Gasteiger partial charge in [0.15, 0.2) is 0 Å². The van der Waals surface area contributed by atoms with Crippen LogP contribution in [-0.2, 0) is 20.9 Å². The van der Waals surface area contributed by atoms with Gasteiger partial charge in [-0.15, -0.1) is 0 Å². The number of hydrogen-bond donors (Lipinski definition) is 2. The SMILES string of the molecule is CC(=O)OCc1cc(C)c(NC(=O)C(N)CC(C)C)c(C)c1. The lowest BCUT2D eigenvalue weighted by Crippen LogP contribution is -2.37. The Balaban J connectivity index is 2.83. The van der Waals surface area contributed by atoms with Gasteiger partial charge in [-0.3, -0.25) is 9.59 Å². The van der Waals surface area contributed by atoms with Crippen LogP contribution in [0.15, 0.2) is 12.1 Å². The molecule has 0 aliphatic carbocycles. The summed E-state index contributed by atoms with van der Waals surface area (Å²) in [6.45, 7) is 9.51. The maximum Gasteiger partial charge on any atom is 0.302 e. The predicted octanol–water partition coefficient (Wildman–Crippen LogP) is 2.68. The van der Waals surface area contributed by atoms with E-state index in [4.69, 9.17) is 10.5 Å². The van der Waals surface area contributed by atoms with Crippen molar-refractivity contribution in [1.82, 2.24) is 0 Å². The average Bonchev–Trinajstić information content (AvgIpc) is 2.39. The maximum atomic E-state index is 12.1. The third kappa shape index (κ3) is 5.48. The highest BCUT2D eigenvalue weighted by Gasteiger charge is 2.17. The number of nitrogens with one attached hydrogen (secondary N) is 1. The van der Waals surface area contributed by atoms with Crippen LogP contribution in [0.2, 0.25) is 0 Å². The highest BCUT2D eigenvalue weighted by Crippen LogP contribution is 2.23. The Kier molecular flexibility index (Phi) is 6.56. The molecule has 5 nitrogen and oxygen atoms in total. The lowest BCUT2D eigenvalue weighted by molar-refractivity contribution is -0.142. The van der Waals surface area contributed by atoms with Crippen LogP contribution in [0.1, 0.15) is 43.9 Å². The van der Waals surface area contributed by atoms with Crippen molar-refractivity contribution in [3.8, 4) is 0 Å². The number of nitrogens with two attached hydrogens (primary N) is 1. The number of ether oxygens (including phenoxy) is 1. The van der Waals surface area contributed by atoms with Crippen molar-refractivity contribution < 1.29 is 14.3 Å². The van der Waals surface area contributed by atoms with E-state index in [1.54, 1.807) is 0 Å². The molecule has 5 heteroatoms. The normalized spacial score (nSPS) is 12.1. The quantitative estimate of drug-likeness (QED) is 0.792. The van der Waals surface area contributed by atoms with Gasteiger partial charge in [0.05, 0.1) is 6.04 Å². The minimum Gasteiger partial charge on any atom is -0.461 e. The van der Waals surface area contributed by atoms with Crippen LogP contribution in [0.3, 0.4) is 0 Å². The Morgan fingerprint density at radius 2 is 1.77 bits per heavy atom. The second-order valence-electron chi connectivity index (χ2n) is 6.11. The molecular weight excluding hydrogens is 280 g/mol. The van der Waals surface area contributed by atoms with Crippen molar-refractivity contribution in [1.29, 1.82) is 0 Å². The van der Waals surface area contributed by atoms with Crippen LogP contribution in [0, 0.1) is 19.8 Å². The summed E-state index contributed by atoms with van der Waals surface area (Å²) in [4.78, 5) is 23.0. The standard InChI is InChI=1S/C17H26N2O3/c1-10(2)6-15(18)17(21)19-16-11(3)7-14(8-12(16)4)9-22-13(5)20/h7-8,10,15H,6,9,18H2,1-5H3,(H,19,21). The lowest BCUT2D eigenvalue weighted by Gasteiger charge is -2.18.